The molecule has 17 heteroatoms. The molecule has 2 saturated carbocycles. The number of fused-ring (bicyclic) bond motifs is 3. The van der Waals surface area contributed by atoms with E-state index in [2.05, 4.69) is 9.13 Å². The number of carbonyl (C=O) groups is 2. The van der Waals surface area contributed by atoms with Gasteiger partial charge in [0, 0.05) is 105 Å². The quantitative estimate of drug-likeness (QED) is 0.142. The molecule has 0 bridgehead atoms. The molecule has 1 aliphatic heterocycles. The first kappa shape index (κ1) is 39.0. The molecule has 2 amide bonds. The molecular weight excluding hydrogens is 795 g/mol. The van der Waals surface area contributed by atoms with Gasteiger partial charge in [-0.15, -0.1) is 11.3 Å². The maximum atomic E-state index is 13.6. The summed E-state index contributed by atoms with van der Waals surface area (Å²) in [7, 11) is 7.04. The van der Waals surface area contributed by atoms with Gasteiger partial charge in [-0.3, -0.25) is 19.4 Å². The minimum atomic E-state index is -0.108. The van der Waals surface area contributed by atoms with Crippen LogP contribution in [0.5, 0.6) is 0 Å². The lowest BCUT2D eigenvalue weighted by Gasteiger charge is -2.27. The van der Waals surface area contributed by atoms with Crippen molar-refractivity contribution in [1.82, 2.24) is 43.9 Å². The molecule has 7 aromatic rings. The second kappa shape index (κ2) is 15.7. The molecule has 0 atom stereocenters. The lowest BCUT2D eigenvalue weighted by atomic mass is 10.1. The maximum Gasteiger partial charge on any atom is 0.270 e. The third-order valence-corrected chi connectivity index (χ3v) is 13.2. The lowest BCUT2D eigenvalue weighted by Crippen LogP contribution is -2.36. The van der Waals surface area contributed by atoms with Crippen LogP contribution in [0.2, 0.25) is 0 Å². The van der Waals surface area contributed by atoms with E-state index >= 15 is 0 Å². The molecule has 7 aromatic heterocycles. The van der Waals surface area contributed by atoms with Crippen molar-refractivity contribution in [2.45, 2.75) is 63.5 Å². The molecule has 3 fully saturated rings. The lowest BCUT2D eigenvalue weighted by molar-refractivity contribution is 0.0808. The van der Waals surface area contributed by atoms with Crippen molar-refractivity contribution in [2.24, 2.45) is 0 Å². The minimum Gasteiger partial charge on any atom is -0.439 e. The van der Waals surface area contributed by atoms with E-state index in [4.69, 9.17) is 34.1 Å². The van der Waals surface area contributed by atoms with Gasteiger partial charge in [0.05, 0.1) is 25.1 Å². The number of nitrogens with zero attached hydrogens (tertiary/aromatic N) is 11. The number of aromatic nitrogens is 7. The molecule has 0 aromatic carbocycles. The van der Waals surface area contributed by atoms with Crippen molar-refractivity contribution < 1.29 is 18.7 Å². The summed E-state index contributed by atoms with van der Waals surface area (Å²) in [4.78, 5) is 72.8. The zero-order chi connectivity index (χ0) is 41.9. The van der Waals surface area contributed by atoms with Gasteiger partial charge in [0.2, 0.25) is 17.3 Å². The van der Waals surface area contributed by atoms with E-state index in [0.29, 0.717) is 76.4 Å². The fourth-order valence-corrected chi connectivity index (χ4v) is 10.1. The summed E-state index contributed by atoms with van der Waals surface area (Å²) in [5.41, 5.74) is 4.80. The number of morpholine rings is 1. The first-order valence-electron chi connectivity index (χ1n) is 21.0. The van der Waals surface area contributed by atoms with Gasteiger partial charge in [0.15, 0.2) is 11.5 Å². The Hall–Kier alpha value is -6.20. The maximum absolute atomic E-state index is 13.6. The van der Waals surface area contributed by atoms with Gasteiger partial charge in [0.25, 0.3) is 11.8 Å². The second-order valence-corrected chi connectivity index (χ2v) is 17.5. The molecule has 314 valence electrons. The minimum absolute atomic E-state index is 0.101. The van der Waals surface area contributed by atoms with Gasteiger partial charge >= 0.3 is 0 Å². The highest BCUT2D eigenvalue weighted by Gasteiger charge is 2.31. The molecule has 0 spiro atoms. The van der Waals surface area contributed by atoms with E-state index in [1.807, 2.05) is 28.5 Å². The fraction of sp³-hybridized carbons (Fsp3) is 0.409. The van der Waals surface area contributed by atoms with Crippen molar-refractivity contribution >= 4 is 79.0 Å². The number of anilines is 4. The fourth-order valence-electron chi connectivity index (χ4n) is 9.15. The first-order valence-corrected chi connectivity index (χ1v) is 21.9. The molecule has 8 heterocycles. The highest BCUT2D eigenvalue weighted by molar-refractivity contribution is 7.17. The standard InChI is InChI=1S/C44H47N11O5S/c1-50(2)41(57)33-18-27-22-46-43(48-39(27)53(33)29-9-5-6-10-29)55(44-47-23-28-19-34(42(58)51(3)4)54(40(28)49-44)30-11-7-8-12-30)31-17-26(21-45-24-31)32-25-61-38-35(56)20-36(60-37(32)38)52-13-15-59-16-14-52/h17-25,29-30H,5-16H2,1-4H3. The van der Waals surface area contributed by atoms with Crippen LogP contribution in [0.25, 0.3) is 43.5 Å². The van der Waals surface area contributed by atoms with Crippen molar-refractivity contribution in [2.75, 3.05) is 64.3 Å². The normalized spacial score (nSPS) is 16.4. The highest BCUT2D eigenvalue weighted by Crippen LogP contribution is 2.41. The summed E-state index contributed by atoms with van der Waals surface area (Å²) in [6, 6.07) is 7.49. The Labute approximate surface area is 355 Å². The van der Waals surface area contributed by atoms with Crippen LogP contribution in [-0.2, 0) is 4.74 Å². The molecule has 16 nitrogen and oxygen atoms in total. The average molecular weight is 842 g/mol. The predicted molar refractivity (Wildman–Crippen MR) is 235 cm³/mol. The van der Waals surface area contributed by atoms with E-state index in [9.17, 15) is 14.4 Å². The molecule has 0 radical (unpaired) electrons. The zero-order valence-electron chi connectivity index (χ0n) is 34.7. The van der Waals surface area contributed by atoms with E-state index in [-0.39, 0.29) is 41.2 Å². The van der Waals surface area contributed by atoms with Crippen LogP contribution >= 0.6 is 11.3 Å². The third kappa shape index (κ3) is 6.89. The largest absolute Gasteiger partial charge is 0.439 e. The Balaban J connectivity index is 1.17. The van der Waals surface area contributed by atoms with Gasteiger partial charge in [-0.05, 0) is 43.9 Å². The van der Waals surface area contributed by atoms with Gasteiger partial charge < -0.3 is 33.0 Å². The molecule has 2 aliphatic carbocycles. The predicted octanol–water partition coefficient (Wildman–Crippen LogP) is 7.35. The van der Waals surface area contributed by atoms with Gasteiger partial charge in [-0.25, -0.2) is 14.9 Å². The molecular formula is C44H47N11O5S. The van der Waals surface area contributed by atoms with Crippen LogP contribution < -0.4 is 15.2 Å². The monoisotopic (exact) mass is 841 g/mol. The number of hydrogen-bond donors (Lipinski definition) is 0. The van der Waals surface area contributed by atoms with Crippen LogP contribution in [0, 0.1) is 0 Å². The summed E-state index contributed by atoms with van der Waals surface area (Å²) in [5.74, 6) is 0.871. The zero-order valence-corrected chi connectivity index (χ0v) is 35.5. The summed E-state index contributed by atoms with van der Waals surface area (Å²) in [5, 5.41) is 3.42. The van der Waals surface area contributed by atoms with Gasteiger partial charge in [-0.2, -0.15) is 9.97 Å². The Kier molecular flexibility index (Phi) is 10.0. The summed E-state index contributed by atoms with van der Waals surface area (Å²) < 4.78 is 16.7. The molecule has 0 N–H and O–H groups in total. The Bertz CT molecular complexity index is 2760. The number of pyridine rings is 1. The number of hydrogen-bond acceptors (Lipinski definition) is 13. The number of amides is 2. The molecule has 0 unspecified atom stereocenters. The average Bonchev–Trinajstić information content (AvgIpc) is 4.13. The Morgan fingerprint density at radius 2 is 1.30 bits per heavy atom. The van der Waals surface area contributed by atoms with Crippen molar-refractivity contribution in [3.05, 3.63) is 76.0 Å². The summed E-state index contributed by atoms with van der Waals surface area (Å²) in [6.07, 6.45) is 15.0. The molecule has 3 aliphatic rings. The number of rotatable bonds is 9. The number of carbonyl (C=O) groups excluding carboxylic acids is 2. The van der Waals surface area contributed by atoms with E-state index in [0.717, 1.165) is 67.7 Å². The van der Waals surface area contributed by atoms with Crippen molar-refractivity contribution in [3.63, 3.8) is 0 Å². The first-order chi connectivity index (χ1) is 29.6. The van der Waals surface area contributed by atoms with Crippen LogP contribution in [0.4, 0.5) is 23.5 Å². The van der Waals surface area contributed by atoms with Crippen LogP contribution in [0.3, 0.4) is 0 Å². The van der Waals surface area contributed by atoms with Crippen molar-refractivity contribution in [1.29, 1.82) is 0 Å². The Morgan fingerprint density at radius 1 is 0.738 bits per heavy atom. The van der Waals surface area contributed by atoms with E-state index in [1.165, 1.54) is 11.3 Å². The molecule has 1 saturated heterocycles. The topological polar surface area (TPSA) is 161 Å². The molecule has 10 rings (SSSR count). The van der Waals surface area contributed by atoms with Crippen LogP contribution in [-0.4, -0.2) is 110 Å². The molecule has 61 heavy (non-hydrogen) atoms. The Morgan fingerprint density at radius 3 is 1.84 bits per heavy atom. The van der Waals surface area contributed by atoms with E-state index in [1.54, 1.807) is 73.7 Å². The number of ether oxygens (including phenoxy) is 1. The van der Waals surface area contributed by atoms with Crippen LogP contribution in [0.15, 0.2) is 63.6 Å². The SMILES string of the molecule is CN(C)C(=O)c1cc2cnc(N(c3cncc(-c4csc5c(=O)cc(N6CCOCC6)oc45)c3)c3ncc4cc(C(=O)N(C)C)n(C5CCCC5)c4n3)nc2n1C1CCCC1. The second-order valence-electron chi connectivity index (χ2n) is 16.6. The smallest absolute Gasteiger partial charge is 0.270 e. The third-order valence-electron chi connectivity index (χ3n) is 12.2. The van der Waals surface area contributed by atoms with Gasteiger partial charge in [0.1, 0.15) is 27.4 Å². The van der Waals surface area contributed by atoms with Crippen LogP contribution in [0.1, 0.15) is 84.4 Å². The van der Waals surface area contributed by atoms with E-state index < -0.39 is 0 Å². The summed E-state index contributed by atoms with van der Waals surface area (Å²) >= 11 is 1.33. The summed E-state index contributed by atoms with van der Waals surface area (Å²) in [6.45, 7) is 2.36. The van der Waals surface area contributed by atoms with Gasteiger partial charge in [-0.1, -0.05) is 25.7 Å². The number of thiophene rings is 1. The van der Waals surface area contributed by atoms with Crippen molar-refractivity contribution in [3.8, 4) is 11.1 Å². The highest BCUT2D eigenvalue weighted by atomic mass is 32.1.